The highest BCUT2D eigenvalue weighted by Gasteiger charge is 2.34. The minimum absolute atomic E-state index is 0.445. The summed E-state index contributed by atoms with van der Waals surface area (Å²) in [5.74, 6) is 0. The molecule has 1 rings (SSSR count). The van der Waals surface area contributed by atoms with E-state index in [9.17, 15) is 0 Å². The Morgan fingerprint density at radius 1 is 1.19 bits per heavy atom. The summed E-state index contributed by atoms with van der Waals surface area (Å²) in [4.78, 5) is 2.46. The van der Waals surface area contributed by atoms with Gasteiger partial charge in [-0.2, -0.15) is 0 Å². The molecule has 1 N–H and O–H groups in total. The lowest BCUT2D eigenvalue weighted by Crippen LogP contribution is -2.47. The van der Waals surface area contributed by atoms with E-state index in [4.69, 9.17) is 0 Å². The average molecular weight is 228 g/mol. The van der Waals surface area contributed by atoms with Crippen LogP contribution in [0, 0.1) is 0 Å². The molecule has 0 bridgehead atoms. The second-order valence-electron chi connectivity index (χ2n) is 4.80. The monoisotopic (exact) mass is 228 g/mol. The van der Waals surface area contributed by atoms with E-state index in [-0.39, 0.29) is 0 Å². The number of rotatable bonds is 6. The molecule has 98 valence electrons. The van der Waals surface area contributed by atoms with E-state index >= 15 is 0 Å². The molecule has 0 aliphatic carbocycles. The Bertz CT molecular complexity index is 149. The number of nitrogens with one attached hydrogen (secondary N) is 1. The molecule has 1 heterocycles. The van der Waals surface area contributed by atoms with E-state index in [1.165, 1.54) is 51.7 Å². The van der Waals surface area contributed by atoms with E-state index in [1.54, 1.807) is 0 Å². The van der Waals surface area contributed by atoms with Crippen LogP contribution in [-0.2, 0) is 0 Å². The zero-order valence-corrected chi connectivity index (χ0v) is 12.1. The molecular weight excluding hydrogens is 196 g/mol. The van der Waals surface area contributed by atoms with Crippen molar-refractivity contribution < 1.29 is 0 Å². The normalized spacial score (nSPS) is 25.3. The molecule has 1 aliphatic heterocycles. The molecule has 2 nitrogen and oxygen atoms in total. The van der Waals surface area contributed by atoms with Crippen LogP contribution in [0.25, 0.3) is 0 Å². The van der Waals surface area contributed by atoms with E-state index in [2.05, 4.69) is 31.1 Å². The van der Waals surface area contributed by atoms with Crippen molar-refractivity contribution in [3.63, 3.8) is 0 Å². The van der Waals surface area contributed by atoms with Gasteiger partial charge in [-0.1, -0.05) is 40.5 Å². The molecule has 0 spiro atoms. The first-order valence-corrected chi connectivity index (χ1v) is 7.16. The Kier molecular flexibility index (Phi) is 8.96. The highest BCUT2D eigenvalue weighted by Crippen LogP contribution is 2.25. The van der Waals surface area contributed by atoms with Crippen LogP contribution in [0.4, 0.5) is 0 Å². The molecule has 0 aromatic carbocycles. The van der Waals surface area contributed by atoms with Crippen LogP contribution in [0.3, 0.4) is 0 Å². The SMILES string of the molecule is CC.CCCCC1(NCCC)CCN(C)C1. The second kappa shape index (κ2) is 9.00. The third-order valence-electron chi connectivity index (χ3n) is 3.30. The summed E-state index contributed by atoms with van der Waals surface area (Å²) in [7, 11) is 2.24. The van der Waals surface area contributed by atoms with E-state index in [0.717, 1.165) is 0 Å². The minimum atomic E-state index is 0.445. The minimum Gasteiger partial charge on any atom is -0.310 e. The van der Waals surface area contributed by atoms with Gasteiger partial charge in [-0.25, -0.2) is 0 Å². The second-order valence-corrected chi connectivity index (χ2v) is 4.80. The Morgan fingerprint density at radius 2 is 1.88 bits per heavy atom. The van der Waals surface area contributed by atoms with Crippen LogP contribution < -0.4 is 5.32 Å². The third-order valence-corrected chi connectivity index (χ3v) is 3.30. The number of likely N-dealkylation sites (tertiary alicyclic amines) is 1. The van der Waals surface area contributed by atoms with Crippen molar-refractivity contribution in [2.24, 2.45) is 0 Å². The summed E-state index contributed by atoms with van der Waals surface area (Å²) in [5, 5.41) is 3.77. The van der Waals surface area contributed by atoms with Crippen molar-refractivity contribution in [3.8, 4) is 0 Å². The fourth-order valence-electron chi connectivity index (χ4n) is 2.42. The lowest BCUT2D eigenvalue weighted by Gasteiger charge is -2.30. The van der Waals surface area contributed by atoms with Crippen molar-refractivity contribution in [3.05, 3.63) is 0 Å². The molecule has 0 amide bonds. The van der Waals surface area contributed by atoms with Gasteiger partial charge in [-0.3, -0.25) is 0 Å². The van der Waals surface area contributed by atoms with Gasteiger partial charge >= 0.3 is 0 Å². The number of hydrogen-bond acceptors (Lipinski definition) is 2. The van der Waals surface area contributed by atoms with E-state index in [1.807, 2.05) is 13.8 Å². The molecule has 0 aromatic rings. The van der Waals surface area contributed by atoms with Crippen molar-refractivity contribution >= 4 is 0 Å². The van der Waals surface area contributed by atoms with Crippen molar-refractivity contribution in [2.75, 3.05) is 26.7 Å². The predicted molar refractivity (Wildman–Crippen MR) is 74.0 cm³/mol. The van der Waals surface area contributed by atoms with Crippen LogP contribution in [0.1, 0.15) is 59.8 Å². The molecule has 2 heteroatoms. The molecule has 1 atom stereocenters. The number of hydrogen-bond donors (Lipinski definition) is 1. The topological polar surface area (TPSA) is 15.3 Å². The molecular formula is C14H32N2. The molecule has 1 fully saturated rings. The Hall–Kier alpha value is -0.0800. The number of nitrogens with zero attached hydrogens (tertiary/aromatic N) is 1. The van der Waals surface area contributed by atoms with Crippen LogP contribution in [0.15, 0.2) is 0 Å². The highest BCUT2D eigenvalue weighted by molar-refractivity contribution is 4.95. The van der Waals surface area contributed by atoms with Crippen LogP contribution >= 0.6 is 0 Å². The van der Waals surface area contributed by atoms with Gasteiger partial charge in [0.15, 0.2) is 0 Å². The number of unbranched alkanes of at least 4 members (excludes halogenated alkanes) is 1. The Balaban J connectivity index is 0.00000106. The predicted octanol–water partition coefficient (Wildman–Crippen LogP) is 3.28. The molecule has 1 unspecified atom stereocenters. The van der Waals surface area contributed by atoms with Gasteiger partial charge in [0.1, 0.15) is 0 Å². The van der Waals surface area contributed by atoms with Gasteiger partial charge in [0.2, 0.25) is 0 Å². The molecule has 16 heavy (non-hydrogen) atoms. The molecule has 1 saturated heterocycles. The van der Waals surface area contributed by atoms with Gasteiger partial charge in [0.25, 0.3) is 0 Å². The fraction of sp³-hybridized carbons (Fsp3) is 1.00. The molecule has 0 aromatic heterocycles. The first-order valence-electron chi connectivity index (χ1n) is 7.16. The molecule has 0 radical (unpaired) electrons. The van der Waals surface area contributed by atoms with E-state index in [0.29, 0.717) is 5.54 Å². The summed E-state index contributed by atoms with van der Waals surface area (Å²) in [6.45, 7) is 12.2. The van der Waals surface area contributed by atoms with Gasteiger partial charge in [-0.15, -0.1) is 0 Å². The maximum absolute atomic E-state index is 3.77. The summed E-state index contributed by atoms with van der Waals surface area (Å²) in [5.41, 5.74) is 0.445. The maximum Gasteiger partial charge on any atom is 0.0320 e. The fourth-order valence-corrected chi connectivity index (χ4v) is 2.42. The Labute approximate surface area is 103 Å². The van der Waals surface area contributed by atoms with Crippen LogP contribution in [-0.4, -0.2) is 37.1 Å². The van der Waals surface area contributed by atoms with E-state index < -0.39 is 0 Å². The van der Waals surface area contributed by atoms with Crippen LogP contribution in [0.5, 0.6) is 0 Å². The smallest absolute Gasteiger partial charge is 0.0320 e. The summed E-state index contributed by atoms with van der Waals surface area (Å²) in [6, 6.07) is 0. The van der Waals surface area contributed by atoms with Crippen molar-refractivity contribution in [1.82, 2.24) is 10.2 Å². The zero-order valence-electron chi connectivity index (χ0n) is 12.1. The number of likely N-dealkylation sites (N-methyl/N-ethyl adjacent to an activating group) is 1. The maximum atomic E-state index is 3.77. The quantitative estimate of drug-likeness (QED) is 0.750. The zero-order chi connectivity index (χ0) is 12.4. The first kappa shape index (κ1) is 15.9. The van der Waals surface area contributed by atoms with Crippen molar-refractivity contribution in [1.29, 1.82) is 0 Å². The third kappa shape index (κ3) is 5.31. The molecule has 1 aliphatic rings. The summed E-state index contributed by atoms with van der Waals surface area (Å²) >= 11 is 0. The average Bonchev–Trinajstić information content (AvgIpc) is 2.69. The highest BCUT2D eigenvalue weighted by atomic mass is 15.2. The van der Waals surface area contributed by atoms with Crippen LogP contribution in [0.2, 0.25) is 0 Å². The largest absolute Gasteiger partial charge is 0.310 e. The first-order chi connectivity index (χ1) is 7.72. The standard InChI is InChI=1S/C12H26N2.C2H6/c1-4-6-7-12(13-9-5-2)8-10-14(3)11-12;1-2/h13H,4-11H2,1-3H3;1-2H3. The lowest BCUT2D eigenvalue weighted by molar-refractivity contribution is 0.287. The van der Waals surface area contributed by atoms with Gasteiger partial charge in [0, 0.05) is 12.1 Å². The molecule has 0 saturated carbocycles. The summed E-state index contributed by atoms with van der Waals surface area (Å²) in [6.07, 6.45) is 6.62. The summed E-state index contributed by atoms with van der Waals surface area (Å²) < 4.78 is 0. The van der Waals surface area contributed by atoms with Gasteiger partial charge < -0.3 is 10.2 Å². The van der Waals surface area contributed by atoms with Crippen molar-refractivity contribution in [2.45, 2.75) is 65.3 Å². The van der Waals surface area contributed by atoms with Gasteiger partial charge in [0.05, 0.1) is 0 Å². The Morgan fingerprint density at radius 3 is 2.31 bits per heavy atom. The lowest BCUT2D eigenvalue weighted by atomic mass is 9.91. The van der Waals surface area contributed by atoms with Gasteiger partial charge in [-0.05, 0) is 39.4 Å².